The van der Waals surface area contributed by atoms with Crippen molar-refractivity contribution in [3.63, 3.8) is 0 Å². The van der Waals surface area contributed by atoms with Crippen molar-refractivity contribution < 1.29 is 9.53 Å². The van der Waals surface area contributed by atoms with Crippen LogP contribution in [-0.4, -0.2) is 43.6 Å². The highest BCUT2D eigenvalue weighted by Gasteiger charge is 2.22. The van der Waals surface area contributed by atoms with Gasteiger partial charge >= 0.3 is 0 Å². The second kappa shape index (κ2) is 8.00. The summed E-state index contributed by atoms with van der Waals surface area (Å²) < 4.78 is 5.73. The number of ether oxygens (including phenoxy) is 1. The molecule has 0 bridgehead atoms. The van der Waals surface area contributed by atoms with Crippen LogP contribution in [0.4, 0.5) is 5.69 Å². The number of hydrogen-bond donors (Lipinski definition) is 0. The van der Waals surface area contributed by atoms with Crippen molar-refractivity contribution >= 4 is 23.2 Å². The number of benzene rings is 2. The molecule has 1 aliphatic rings. The van der Waals surface area contributed by atoms with Gasteiger partial charge in [0, 0.05) is 36.9 Å². The van der Waals surface area contributed by atoms with Crippen LogP contribution in [0.15, 0.2) is 36.4 Å². The van der Waals surface area contributed by atoms with Gasteiger partial charge in [0.15, 0.2) is 6.61 Å². The summed E-state index contributed by atoms with van der Waals surface area (Å²) in [5.74, 6) is 0.810. The molecular weight excluding hydrogens is 348 g/mol. The largest absolute Gasteiger partial charge is 0.484 e. The van der Waals surface area contributed by atoms with E-state index in [1.54, 1.807) is 0 Å². The fourth-order valence-electron chi connectivity index (χ4n) is 3.31. The zero-order valence-electron chi connectivity index (χ0n) is 15.6. The summed E-state index contributed by atoms with van der Waals surface area (Å²) in [5, 5.41) is 0.742. The zero-order valence-corrected chi connectivity index (χ0v) is 16.3. The highest BCUT2D eigenvalue weighted by atomic mass is 35.5. The molecular formula is C21H25ClN2O2. The molecule has 5 heteroatoms. The maximum Gasteiger partial charge on any atom is 0.260 e. The summed E-state index contributed by atoms with van der Waals surface area (Å²) in [7, 11) is 0. The van der Waals surface area contributed by atoms with Crippen LogP contribution in [-0.2, 0) is 4.79 Å². The number of nitrogens with zero attached hydrogens (tertiary/aromatic N) is 2. The standard InChI is InChI=1S/C21H25ClN2O2/c1-15-4-7-20(17(3)12-15)26-14-21(25)24-10-8-23(9-11-24)19-13-18(22)6-5-16(19)2/h4-7,12-13H,8-11,14H2,1-3H3. The van der Waals surface area contributed by atoms with Crippen molar-refractivity contribution in [1.29, 1.82) is 0 Å². The number of rotatable bonds is 4. The molecule has 0 N–H and O–H groups in total. The molecule has 0 aliphatic carbocycles. The van der Waals surface area contributed by atoms with Crippen molar-refractivity contribution in [1.82, 2.24) is 4.90 Å². The van der Waals surface area contributed by atoms with Gasteiger partial charge in [0.25, 0.3) is 5.91 Å². The molecule has 0 aromatic heterocycles. The Morgan fingerprint density at radius 2 is 1.73 bits per heavy atom. The minimum Gasteiger partial charge on any atom is -0.484 e. The first-order valence-electron chi connectivity index (χ1n) is 8.93. The summed E-state index contributed by atoms with van der Waals surface area (Å²) in [6.45, 7) is 9.21. The van der Waals surface area contributed by atoms with Crippen LogP contribution in [0, 0.1) is 20.8 Å². The Morgan fingerprint density at radius 1 is 1.00 bits per heavy atom. The van der Waals surface area contributed by atoms with Crippen LogP contribution < -0.4 is 9.64 Å². The number of amides is 1. The van der Waals surface area contributed by atoms with Crippen molar-refractivity contribution in [2.75, 3.05) is 37.7 Å². The monoisotopic (exact) mass is 372 g/mol. The minimum atomic E-state index is 0.0347. The molecule has 3 rings (SSSR count). The first-order valence-corrected chi connectivity index (χ1v) is 9.31. The first kappa shape index (κ1) is 18.6. The minimum absolute atomic E-state index is 0.0347. The van der Waals surface area contributed by atoms with Gasteiger partial charge in [0.1, 0.15) is 5.75 Å². The van der Waals surface area contributed by atoms with Crippen LogP contribution in [0.3, 0.4) is 0 Å². The summed E-state index contributed by atoms with van der Waals surface area (Å²) in [6.07, 6.45) is 0. The molecule has 1 fully saturated rings. The Hall–Kier alpha value is -2.20. The SMILES string of the molecule is Cc1ccc(OCC(=O)N2CCN(c3cc(Cl)ccc3C)CC2)c(C)c1. The summed E-state index contributed by atoms with van der Waals surface area (Å²) in [4.78, 5) is 16.6. The van der Waals surface area contributed by atoms with E-state index in [4.69, 9.17) is 16.3 Å². The zero-order chi connectivity index (χ0) is 18.7. The molecule has 1 amide bonds. The Labute approximate surface area is 160 Å². The first-order chi connectivity index (χ1) is 12.4. The lowest BCUT2D eigenvalue weighted by atomic mass is 10.1. The van der Waals surface area contributed by atoms with Crippen LogP contribution >= 0.6 is 11.6 Å². The van der Waals surface area contributed by atoms with Crippen molar-refractivity contribution in [2.24, 2.45) is 0 Å². The normalized spacial score (nSPS) is 14.5. The molecule has 138 valence electrons. The van der Waals surface area contributed by atoms with E-state index in [-0.39, 0.29) is 12.5 Å². The molecule has 0 unspecified atom stereocenters. The third kappa shape index (κ3) is 4.31. The van der Waals surface area contributed by atoms with Gasteiger partial charge in [-0.15, -0.1) is 0 Å². The maximum absolute atomic E-state index is 12.5. The lowest BCUT2D eigenvalue weighted by molar-refractivity contribution is -0.133. The molecule has 4 nitrogen and oxygen atoms in total. The molecule has 0 atom stereocenters. The van der Waals surface area contributed by atoms with Crippen LogP contribution in [0.2, 0.25) is 5.02 Å². The summed E-state index contributed by atoms with van der Waals surface area (Å²) in [5.41, 5.74) is 4.59. The third-order valence-corrected chi connectivity index (χ3v) is 5.06. The van der Waals surface area contributed by atoms with Crippen molar-refractivity contribution in [3.05, 3.63) is 58.1 Å². The maximum atomic E-state index is 12.5. The Morgan fingerprint density at radius 3 is 2.42 bits per heavy atom. The van der Waals surface area contributed by atoms with Gasteiger partial charge in [-0.25, -0.2) is 0 Å². The van der Waals surface area contributed by atoms with E-state index in [0.29, 0.717) is 13.1 Å². The predicted octanol–water partition coefficient (Wildman–Crippen LogP) is 3.99. The molecule has 0 spiro atoms. The topological polar surface area (TPSA) is 32.8 Å². The van der Waals surface area contributed by atoms with Crippen LogP contribution in [0.5, 0.6) is 5.75 Å². The molecule has 0 saturated carbocycles. The number of halogens is 1. The van der Waals surface area contributed by atoms with Gasteiger partial charge in [-0.2, -0.15) is 0 Å². The molecule has 1 heterocycles. The highest BCUT2D eigenvalue weighted by molar-refractivity contribution is 6.30. The fourth-order valence-corrected chi connectivity index (χ4v) is 3.48. The smallest absolute Gasteiger partial charge is 0.260 e. The van der Waals surface area contributed by atoms with E-state index < -0.39 is 0 Å². The van der Waals surface area contributed by atoms with Gasteiger partial charge in [0.2, 0.25) is 0 Å². The number of piperazine rings is 1. The van der Waals surface area contributed by atoms with E-state index in [1.165, 1.54) is 11.1 Å². The number of carbonyl (C=O) groups excluding carboxylic acids is 1. The third-order valence-electron chi connectivity index (χ3n) is 4.83. The summed E-state index contributed by atoms with van der Waals surface area (Å²) >= 11 is 6.13. The van der Waals surface area contributed by atoms with Gasteiger partial charge < -0.3 is 14.5 Å². The Kier molecular flexibility index (Phi) is 5.72. The second-order valence-corrected chi connectivity index (χ2v) is 7.29. The average molecular weight is 373 g/mol. The van der Waals surface area contributed by atoms with E-state index in [2.05, 4.69) is 17.9 Å². The molecule has 26 heavy (non-hydrogen) atoms. The summed E-state index contributed by atoms with van der Waals surface area (Å²) in [6, 6.07) is 11.9. The van der Waals surface area contributed by atoms with Gasteiger partial charge in [-0.05, 0) is 50.1 Å². The van der Waals surface area contributed by atoms with Crippen molar-refractivity contribution in [3.8, 4) is 5.75 Å². The van der Waals surface area contributed by atoms with Crippen molar-refractivity contribution in [2.45, 2.75) is 20.8 Å². The molecule has 2 aromatic carbocycles. The average Bonchev–Trinajstić information content (AvgIpc) is 2.63. The lowest BCUT2D eigenvalue weighted by Crippen LogP contribution is -2.50. The van der Waals surface area contributed by atoms with E-state index >= 15 is 0 Å². The van der Waals surface area contributed by atoms with E-state index in [0.717, 1.165) is 35.1 Å². The Balaban J connectivity index is 1.54. The predicted molar refractivity (Wildman–Crippen MR) is 106 cm³/mol. The number of anilines is 1. The van der Waals surface area contributed by atoms with Crippen LogP contribution in [0.25, 0.3) is 0 Å². The van der Waals surface area contributed by atoms with Gasteiger partial charge in [-0.3, -0.25) is 4.79 Å². The lowest BCUT2D eigenvalue weighted by Gasteiger charge is -2.36. The molecule has 1 saturated heterocycles. The van der Waals surface area contributed by atoms with E-state index in [1.807, 2.05) is 49.1 Å². The number of carbonyl (C=O) groups is 1. The fraction of sp³-hybridized carbons (Fsp3) is 0.381. The number of aryl methyl sites for hydroxylation is 3. The molecule has 2 aromatic rings. The Bertz CT molecular complexity index is 799. The van der Waals surface area contributed by atoms with Gasteiger partial charge in [0.05, 0.1) is 0 Å². The molecule has 1 aliphatic heterocycles. The highest BCUT2D eigenvalue weighted by Crippen LogP contribution is 2.25. The van der Waals surface area contributed by atoms with Gasteiger partial charge in [-0.1, -0.05) is 35.4 Å². The molecule has 0 radical (unpaired) electrons. The quantitative estimate of drug-likeness (QED) is 0.813. The number of hydrogen-bond acceptors (Lipinski definition) is 3. The second-order valence-electron chi connectivity index (χ2n) is 6.86. The van der Waals surface area contributed by atoms with Crippen LogP contribution in [0.1, 0.15) is 16.7 Å². The van der Waals surface area contributed by atoms with E-state index in [9.17, 15) is 4.79 Å².